The molecule has 0 heterocycles. The van der Waals surface area contributed by atoms with Gasteiger partial charge in [-0.15, -0.1) is 0 Å². The zero-order valence-corrected chi connectivity index (χ0v) is 42.4. The van der Waals surface area contributed by atoms with Gasteiger partial charge in [-0.2, -0.15) is 0 Å². The van der Waals surface area contributed by atoms with Gasteiger partial charge < -0.3 is 9.47 Å². The lowest BCUT2D eigenvalue weighted by atomic mass is 9.77. The lowest BCUT2D eigenvalue weighted by molar-refractivity contribution is 0.0726. The third-order valence-electron chi connectivity index (χ3n) is 16.2. The zero-order valence-electron chi connectivity index (χ0n) is 42.4. The van der Waals surface area contributed by atoms with E-state index in [1.54, 1.807) is 0 Å². The van der Waals surface area contributed by atoms with Crippen LogP contribution in [0.15, 0.2) is 170 Å². The maximum atomic E-state index is 14.1. The Morgan fingerprint density at radius 1 is 0.431 bits per heavy atom. The number of carbonyl (C=O) groups is 2. The normalized spacial score (nSPS) is 18.0. The fourth-order valence-electron chi connectivity index (χ4n) is 11.9. The lowest BCUT2D eigenvalue weighted by Gasteiger charge is -2.29. The minimum atomic E-state index is -0.444. The minimum Gasteiger partial charge on any atom is -0.423 e. The molecule has 0 unspecified atom stereocenters. The highest BCUT2D eigenvalue weighted by Crippen LogP contribution is 2.44. The smallest absolute Gasteiger partial charge is 0.343 e. The average molecular weight is 951 g/mol. The van der Waals surface area contributed by atoms with Crippen LogP contribution < -0.4 is 9.47 Å². The summed E-state index contributed by atoms with van der Waals surface area (Å²) in [6.45, 7) is 4.57. The summed E-state index contributed by atoms with van der Waals surface area (Å²) in [6.07, 6.45) is 21.4. The first-order chi connectivity index (χ1) is 35.4. The van der Waals surface area contributed by atoms with Crippen LogP contribution in [0.4, 0.5) is 0 Å². The lowest BCUT2D eigenvalue weighted by Crippen LogP contribution is -2.13. The highest BCUT2D eigenvalue weighted by molar-refractivity contribution is 6.09. The van der Waals surface area contributed by atoms with E-state index >= 15 is 0 Å². The van der Waals surface area contributed by atoms with Crippen molar-refractivity contribution < 1.29 is 19.1 Å². The molecule has 366 valence electrons. The molecule has 72 heavy (non-hydrogen) atoms. The summed E-state index contributed by atoms with van der Waals surface area (Å²) in [6, 6.07) is 57.3. The van der Waals surface area contributed by atoms with Gasteiger partial charge in [-0.1, -0.05) is 193 Å². The first-order valence-electron chi connectivity index (χ1n) is 27.3. The van der Waals surface area contributed by atoms with Crippen LogP contribution in [0.25, 0.3) is 54.9 Å². The van der Waals surface area contributed by atoms with Crippen LogP contribution >= 0.6 is 0 Å². The Balaban J connectivity index is 0.834. The Morgan fingerprint density at radius 3 is 1.38 bits per heavy atom. The Bertz CT molecular complexity index is 3080. The molecule has 2 aliphatic carbocycles. The van der Waals surface area contributed by atoms with Crippen molar-refractivity contribution in [2.45, 2.75) is 128 Å². The third-order valence-corrected chi connectivity index (χ3v) is 16.2. The van der Waals surface area contributed by atoms with Gasteiger partial charge in [-0.25, -0.2) is 9.59 Å². The molecule has 2 aliphatic rings. The number of rotatable bonds is 17. The molecule has 0 N–H and O–H groups in total. The summed E-state index contributed by atoms with van der Waals surface area (Å²) in [5, 5.41) is 3.76. The number of hydrogen-bond donors (Lipinski definition) is 0. The third kappa shape index (κ3) is 11.4. The van der Waals surface area contributed by atoms with E-state index in [0.717, 1.165) is 66.8 Å². The molecule has 8 aromatic carbocycles. The second kappa shape index (κ2) is 23.2. The highest BCUT2D eigenvalue weighted by Gasteiger charge is 2.25. The maximum absolute atomic E-state index is 14.1. The summed E-state index contributed by atoms with van der Waals surface area (Å²) >= 11 is 0. The standard InChI is InChI=1S/C68H70O4/c1-3-5-7-13-47-19-23-49(24-20-47)51-27-31-53(32-28-51)55-35-39-58(40-36-55)67(69)71-61-45-60-16-10-11-17-62(60)64(46-61)66-63-18-12-9-15-57(63)43-44-65(66)72-68(70)59-41-37-56(38-42-59)54-33-29-52(30-34-54)50-25-21-48(22-26-50)14-8-6-4-2/h9-12,15-18,27-50H,3-8,13-14,19-26H2,1-2H3. The van der Waals surface area contributed by atoms with Crippen molar-refractivity contribution in [3.05, 3.63) is 192 Å². The van der Waals surface area contributed by atoms with Crippen LogP contribution in [-0.2, 0) is 0 Å². The number of unbranched alkanes of at least 4 members (excludes halogenated alkanes) is 4. The molecule has 2 fully saturated rings. The number of esters is 2. The van der Waals surface area contributed by atoms with E-state index in [4.69, 9.17) is 9.47 Å². The number of hydrogen-bond acceptors (Lipinski definition) is 4. The van der Waals surface area contributed by atoms with Gasteiger partial charge in [0.15, 0.2) is 0 Å². The van der Waals surface area contributed by atoms with Gasteiger partial charge in [0, 0.05) is 5.56 Å². The van der Waals surface area contributed by atoms with Crippen LogP contribution in [0, 0.1) is 11.8 Å². The predicted molar refractivity (Wildman–Crippen MR) is 298 cm³/mol. The van der Waals surface area contributed by atoms with Crippen LogP contribution in [-0.4, -0.2) is 11.9 Å². The number of fused-ring (bicyclic) bond motifs is 2. The van der Waals surface area contributed by atoms with Crippen molar-refractivity contribution in [3.63, 3.8) is 0 Å². The molecule has 4 nitrogen and oxygen atoms in total. The first kappa shape index (κ1) is 48.8. The number of ether oxygens (including phenoxy) is 2. The summed E-state index contributed by atoms with van der Waals surface area (Å²) in [5.74, 6) is 3.04. The van der Waals surface area contributed by atoms with E-state index < -0.39 is 11.9 Å². The molecule has 0 bridgehead atoms. The van der Waals surface area contributed by atoms with Crippen molar-refractivity contribution in [1.82, 2.24) is 0 Å². The summed E-state index contributed by atoms with van der Waals surface area (Å²) < 4.78 is 12.5. The maximum Gasteiger partial charge on any atom is 0.343 e. The number of carbonyl (C=O) groups excluding carboxylic acids is 2. The molecule has 2 saturated carbocycles. The summed E-state index contributed by atoms with van der Waals surface area (Å²) in [7, 11) is 0. The van der Waals surface area contributed by atoms with Crippen LogP contribution in [0.3, 0.4) is 0 Å². The van der Waals surface area contributed by atoms with E-state index in [-0.39, 0.29) is 0 Å². The molecule has 0 spiro atoms. The van der Waals surface area contributed by atoms with Crippen molar-refractivity contribution in [3.8, 4) is 44.9 Å². The summed E-state index contributed by atoms with van der Waals surface area (Å²) in [5.41, 5.74) is 9.75. The van der Waals surface area contributed by atoms with Gasteiger partial charge in [-0.05, 0) is 178 Å². The topological polar surface area (TPSA) is 52.6 Å². The van der Waals surface area contributed by atoms with Gasteiger partial charge in [-0.3, -0.25) is 0 Å². The molecule has 0 radical (unpaired) electrons. The van der Waals surface area contributed by atoms with Crippen molar-refractivity contribution in [2.24, 2.45) is 11.8 Å². The number of benzene rings is 8. The largest absolute Gasteiger partial charge is 0.423 e. The molecule has 0 saturated heterocycles. The highest BCUT2D eigenvalue weighted by atomic mass is 16.5. The van der Waals surface area contributed by atoms with Gasteiger partial charge in [0.1, 0.15) is 11.5 Å². The second-order valence-corrected chi connectivity index (χ2v) is 21.0. The Hall–Kier alpha value is -6.78. The molecule has 8 aromatic rings. The molecular weight excluding hydrogens is 881 g/mol. The van der Waals surface area contributed by atoms with E-state index in [2.05, 4.69) is 74.5 Å². The fourth-order valence-corrected chi connectivity index (χ4v) is 11.9. The van der Waals surface area contributed by atoms with Gasteiger partial charge in [0.25, 0.3) is 0 Å². The molecule has 0 aliphatic heterocycles. The second-order valence-electron chi connectivity index (χ2n) is 21.0. The Labute approximate surface area is 427 Å². The molecule has 0 aromatic heterocycles. The molecule has 10 rings (SSSR count). The van der Waals surface area contributed by atoms with Gasteiger partial charge in [0.05, 0.1) is 11.1 Å². The fraction of sp³-hybridized carbons (Fsp3) is 0.324. The van der Waals surface area contributed by atoms with Gasteiger partial charge in [0.2, 0.25) is 0 Å². The minimum absolute atomic E-state index is 0.405. The molecule has 4 heteroatoms. The molecular formula is C68H70O4. The first-order valence-corrected chi connectivity index (χ1v) is 27.3. The monoisotopic (exact) mass is 951 g/mol. The van der Waals surface area contributed by atoms with Crippen LogP contribution in [0.2, 0.25) is 0 Å². The van der Waals surface area contributed by atoms with E-state index in [9.17, 15) is 9.59 Å². The van der Waals surface area contributed by atoms with Crippen molar-refractivity contribution in [2.75, 3.05) is 0 Å². The Morgan fingerprint density at radius 2 is 0.875 bits per heavy atom. The average Bonchev–Trinajstić information content (AvgIpc) is 3.43. The molecule has 0 atom stereocenters. The quantitative estimate of drug-likeness (QED) is 0.0518. The van der Waals surface area contributed by atoms with Gasteiger partial charge >= 0.3 is 11.9 Å². The summed E-state index contributed by atoms with van der Waals surface area (Å²) in [4.78, 5) is 28.0. The van der Waals surface area contributed by atoms with Crippen LogP contribution in [0.1, 0.15) is 160 Å². The van der Waals surface area contributed by atoms with E-state index in [0.29, 0.717) is 34.5 Å². The van der Waals surface area contributed by atoms with E-state index in [1.807, 2.05) is 109 Å². The Kier molecular flexibility index (Phi) is 15.7. The molecule has 0 amide bonds. The zero-order chi connectivity index (χ0) is 49.2. The van der Waals surface area contributed by atoms with Crippen LogP contribution in [0.5, 0.6) is 11.5 Å². The van der Waals surface area contributed by atoms with Crippen molar-refractivity contribution in [1.29, 1.82) is 0 Å². The predicted octanol–water partition coefficient (Wildman–Crippen LogP) is 19.1. The SMILES string of the molecule is CCCCCC1CCC(c2ccc(-c3ccc(C(=O)Oc4cc(-c5c(OC(=O)c6ccc(-c7ccc(C8CCC(CCCCC)CC8)cc7)cc6)ccc6ccccc56)c5ccccc5c4)cc3)cc2)CC1. The van der Waals surface area contributed by atoms with E-state index in [1.165, 1.54) is 114 Å². The van der Waals surface area contributed by atoms with Crippen molar-refractivity contribution >= 4 is 33.5 Å².